The number of hydrogen-bond donors (Lipinski definition) is 3. The first-order chi connectivity index (χ1) is 11.1. The monoisotopic (exact) mass is 332 g/mol. The maximum atomic E-state index is 7.61. The molecule has 0 amide bonds. The molecule has 0 spiro atoms. The standard InChI is InChI=1S/C15H20N6OS/c1-3-6-21(9-16)12-7-10(4-5-13(12)22-2)11-8-23-15(19-11)20-14(17)18/h4-5,7-9,16H,3,6H2,1-2H3,(H4,17,18,19,20). The maximum Gasteiger partial charge on any atom is 0.212 e. The first-order valence-corrected chi connectivity index (χ1v) is 7.97. The molecule has 0 radical (unpaired) electrons. The van der Waals surface area contributed by atoms with Gasteiger partial charge in [-0.05, 0) is 24.6 Å². The molecular formula is C15H20N6OS. The van der Waals surface area contributed by atoms with Crippen LogP contribution in [0.2, 0.25) is 0 Å². The lowest BCUT2D eigenvalue weighted by atomic mass is 10.1. The Morgan fingerprint density at radius 1 is 1.48 bits per heavy atom. The molecule has 8 heteroatoms. The zero-order valence-corrected chi connectivity index (χ0v) is 13.9. The van der Waals surface area contributed by atoms with Crippen LogP contribution < -0.4 is 21.1 Å². The van der Waals surface area contributed by atoms with Crippen molar-refractivity contribution in [3.63, 3.8) is 0 Å². The summed E-state index contributed by atoms with van der Waals surface area (Å²) in [4.78, 5) is 10.2. The molecule has 23 heavy (non-hydrogen) atoms. The number of hydrogen-bond acceptors (Lipinski definition) is 5. The molecule has 0 aliphatic rings. The molecule has 2 rings (SSSR count). The Bertz CT molecular complexity index is 708. The summed E-state index contributed by atoms with van der Waals surface area (Å²) in [6, 6.07) is 5.75. The molecule has 0 saturated carbocycles. The number of aromatic nitrogens is 1. The van der Waals surface area contributed by atoms with Gasteiger partial charge in [0.15, 0.2) is 5.96 Å². The van der Waals surface area contributed by atoms with Gasteiger partial charge in [-0.25, -0.2) is 4.98 Å². The molecule has 5 N–H and O–H groups in total. The van der Waals surface area contributed by atoms with Gasteiger partial charge in [-0.1, -0.05) is 6.92 Å². The van der Waals surface area contributed by atoms with Crippen LogP contribution in [0.15, 0.2) is 28.6 Å². The summed E-state index contributed by atoms with van der Waals surface area (Å²) < 4.78 is 5.41. The predicted molar refractivity (Wildman–Crippen MR) is 96.0 cm³/mol. The Balaban J connectivity index is 2.42. The number of guanidine groups is 1. The first kappa shape index (κ1) is 16.8. The fraction of sp³-hybridized carbons (Fsp3) is 0.267. The van der Waals surface area contributed by atoms with Crippen LogP contribution in [0.25, 0.3) is 11.3 Å². The van der Waals surface area contributed by atoms with Crippen molar-refractivity contribution in [2.45, 2.75) is 13.3 Å². The third kappa shape index (κ3) is 3.98. The molecule has 2 aromatic rings. The second-order valence-electron chi connectivity index (χ2n) is 4.76. The second kappa shape index (κ2) is 7.59. The van der Waals surface area contributed by atoms with Gasteiger partial charge < -0.3 is 21.1 Å². The topological polar surface area (TPSA) is 114 Å². The van der Waals surface area contributed by atoms with Crippen molar-refractivity contribution in [2.75, 3.05) is 18.6 Å². The number of nitrogens with two attached hydrogens (primary N) is 2. The molecule has 1 aromatic carbocycles. The Morgan fingerprint density at radius 3 is 2.87 bits per heavy atom. The van der Waals surface area contributed by atoms with E-state index in [9.17, 15) is 0 Å². The van der Waals surface area contributed by atoms with Crippen LogP contribution in [-0.2, 0) is 0 Å². The molecule has 1 heterocycles. The van der Waals surface area contributed by atoms with Gasteiger partial charge in [-0.3, -0.25) is 5.41 Å². The maximum absolute atomic E-state index is 7.61. The van der Waals surface area contributed by atoms with Crippen LogP contribution in [0.3, 0.4) is 0 Å². The van der Waals surface area contributed by atoms with Gasteiger partial charge in [0.25, 0.3) is 0 Å². The summed E-state index contributed by atoms with van der Waals surface area (Å²) in [5.41, 5.74) is 13.3. The molecule has 0 bridgehead atoms. The van der Waals surface area contributed by atoms with Crippen molar-refractivity contribution < 1.29 is 4.74 Å². The number of aliphatic imine (C=N–C) groups is 1. The van der Waals surface area contributed by atoms with Crippen molar-refractivity contribution in [1.29, 1.82) is 5.41 Å². The quantitative estimate of drug-likeness (QED) is 0.532. The minimum absolute atomic E-state index is 0.0146. The number of thiazole rings is 1. The van der Waals surface area contributed by atoms with Gasteiger partial charge in [-0.2, -0.15) is 4.99 Å². The van der Waals surface area contributed by atoms with E-state index in [4.69, 9.17) is 21.6 Å². The number of nitrogens with zero attached hydrogens (tertiary/aromatic N) is 3. The van der Waals surface area contributed by atoms with Gasteiger partial charge in [0, 0.05) is 17.5 Å². The predicted octanol–water partition coefficient (Wildman–Crippen LogP) is 2.55. The first-order valence-electron chi connectivity index (χ1n) is 7.09. The van der Waals surface area contributed by atoms with Crippen molar-refractivity contribution in [3.8, 4) is 17.0 Å². The van der Waals surface area contributed by atoms with E-state index >= 15 is 0 Å². The number of methoxy groups -OCH3 is 1. The molecule has 0 aliphatic heterocycles. The molecule has 7 nitrogen and oxygen atoms in total. The second-order valence-corrected chi connectivity index (χ2v) is 5.60. The summed E-state index contributed by atoms with van der Waals surface area (Å²) >= 11 is 1.36. The SMILES string of the molecule is CCCN(C=N)c1cc(-c2csc(N=C(N)N)n2)ccc1OC. The number of benzene rings is 1. The molecule has 0 saturated heterocycles. The Labute approximate surface area is 139 Å². The fourth-order valence-corrected chi connectivity index (χ4v) is 2.84. The van der Waals surface area contributed by atoms with E-state index in [0.717, 1.165) is 29.9 Å². The number of rotatable bonds is 7. The third-order valence-electron chi connectivity index (χ3n) is 3.12. The van der Waals surface area contributed by atoms with Crippen LogP contribution in [0.4, 0.5) is 10.8 Å². The zero-order valence-electron chi connectivity index (χ0n) is 13.1. The van der Waals surface area contributed by atoms with Crippen molar-refractivity contribution in [2.24, 2.45) is 16.5 Å². The highest BCUT2D eigenvalue weighted by molar-refractivity contribution is 7.13. The van der Waals surface area contributed by atoms with Gasteiger partial charge in [-0.15, -0.1) is 11.3 Å². The molecule has 0 fully saturated rings. The Hall–Kier alpha value is -2.61. The van der Waals surface area contributed by atoms with Gasteiger partial charge in [0.05, 0.1) is 24.8 Å². The summed E-state index contributed by atoms with van der Waals surface area (Å²) in [5.74, 6) is 0.699. The van der Waals surface area contributed by atoms with Crippen LogP contribution in [0, 0.1) is 5.41 Å². The molecule has 1 aromatic heterocycles. The minimum Gasteiger partial charge on any atom is -0.495 e. The molecular weight excluding hydrogens is 312 g/mol. The van der Waals surface area contributed by atoms with Gasteiger partial charge >= 0.3 is 0 Å². The largest absolute Gasteiger partial charge is 0.495 e. The fourth-order valence-electron chi connectivity index (χ4n) is 2.13. The van der Waals surface area contributed by atoms with Crippen molar-refractivity contribution in [3.05, 3.63) is 23.6 Å². The van der Waals surface area contributed by atoms with Crippen LogP contribution in [-0.4, -0.2) is 30.9 Å². The number of ether oxygens (including phenoxy) is 1. The zero-order chi connectivity index (χ0) is 16.8. The average Bonchev–Trinajstić information content (AvgIpc) is 2.99. The van der Waals surface area contributed by atoms with E-state index in [1.165, 1.54) is 17.7 Å². The highest BCUT2D eigenvalue weighted by atomic mass is 32.1. The van der Waals surface area contributed by atoms with Gasteiger partial charge in [0.1, 0.15) is 5.75 Å². The molecule has 0 atom stereocenters. The van der Waals surface area contributed by atoms with Crippen LogP contribution in [0.5, 0.6) is 5.75 Å². The minimum atomic E-state index is -0.0146. The van der Waals surface area contributed by atoms with E-state index in [1.54, 1.807) is 7.11 Å². The lowest BCUT2D eigenvalue weighted by Gasteiger charge is -2.21. The highest BCUT2D eigenvalue weighted by Gasteiger charge is 2.13. The number of nitrogens with one attached hydrogen (secondary N) is 1. The summed E-state index contributed by atoms with van der Waals surface area (Å²) in [5, 5.41) is 10.0. The number of anilines is 1. The smallest absolute Gasteiger partial charge is 0.212 e. The summed E-state index contributed by atoms with van der Waals surface area (Å²) in [7, 11) is 1.62. The van der Waals surface area contributed by atoms with E-state index < -0.39 is 0 Å². The molecule has 122 valence electrons. The third-order valence-corrected chi connectivity index (χ3v) is 3.86. The summed E-state index contributed by atoms with van der Waals surface area (Å²) in [6.45, 7) is 2.80. The van der Waals surface area contributed by atoms with Crippen LogP contribution in [0.1, 0.15) is 13.3 Å². The van der Waals surface area contributed by atoms with E-state index in [-0.39, 0.29) is 5.96 Å². The summed E-state index contributed by atoms with van der Waals surface area (Å²) in [6.07, 6.45) is 2.23. The van der Waals surface area contributed by atoms with E-state index in [0.29, 0.717) is 10.9 Å². The molecule has 0 aliphatic carbocycles. The average molecular weight is 332 g/mol. The van der Waals surface area contributed by atoms with E-state index in [2.05, 4.69) is 16.9 Å². The Kier molecular flexibility index (Phi) is 5.53. The Morgan fingerprint density at radius 2 is 2.26 bits per heavy atom. The molecule has 0 unspecified atom stereocenters. The van der Waals surface area contributed by atoms with Gasteiger partial charge in [0.2, 0.25) is 5.13 Å². The van der Waals surface area contributed by atoms with Crippen LogP contribution >= 0.6 is 11.3 Å². The normalized spacial score (nSPS) is 10.2. The highest BCUT2D eigenvalue weighted by Crippen LogP contribution is 2.34. The lowest BCUT2D eigenvalue weighted by Crippen LogP contribution is -2.22. The van der Waals surface area contributed by atoms with Crippen molar-refractivity contribution >= 4 is 34.5 Å². The van der Waals surface area contributed by atoms with Crippen molar-refractivity contribution in [1.82, 2.24) is 4.98 Å². The van der Waals surface area contributed by atoms with E-state index in [1.807, 2.05) is 28.5 Å². The lowest BCUT2D eigenvalue weighted by molar-refractivity contribution is 0.415.